The number of likely N-dealkylation sites (tertiary alicyclic amines) is 1. The van der Waals surface area contributed by atoms with Gasteiger partial charge in [0.05, 0.1) is 13.1 Å². The van der Waals surface area contributed by atoms with Gasteiger partial charge in [-0.25, -0.2) is 0 Å². The summed E-state index contributed by atoms with van der Waals surface area (Å²) in [5.74, 6) is 1.46. The van der Waals surface area contributed by atoms with Gasteiger partial charge < -0.3 is 15.2 Å². The van der Waals surface area contributed by atoms with E-state index in [2.05, 4.69) is 25.8 Å². The van der Waals surface area contributed by atoms with Gasteiger partial charge in [0.25, 0.3) is 0 Å². The maximum atomic E-state index is 12.6. The van der Waals surface area contributed by atoms with Gasteiger partial charge in [0, 0.05) is 42.7 Å². The lowest BCUT2D eigenvalue weighted by Crippen LogP contribution is -2.45. The molecule has 2 N–H and O–H groups in total. The molecule has 30 heavy (non-hydrogen) atoms. The zero-order valence-corrected chi connectivity index (χ0v) is 17.3. The van der Waals surface area contributed by atoms with Crippen LogP contribution in [0.25, 0.3) is 11.4 Å². The minimum absolute atomic E-state index is 0.0806. The number of aliphatic imine (C=N–C) groups is 1. The van der Waals surface area contributed by atoms with Crippen LogP contribution in [0.4, 0.5) is 13.2 Å². The first kappa shape index (κ1) is 22.4. The van der Waals surface area contributed by atoms with Crippen molar-refractivity contribution in [1.29, 1.82) is 0 Å². The number of aromatic nitrogens is 2. The van der Waals surface area contributed by atoms with Gasteiger partial charge in [0.1, 0.15) is 0 Å². The first-order valence-electron chi connectivity index (χ1n) is 9.75. The van der Waals surface area contributed by atoms with E-state index in [0.29, 0.717) is 61.7 Å². The van der Waals surface area contributed by atoms with E-state index in [9.17, 15) is 13.2 Å². The normalized spacial score (nSPS) is 18.0. The standard InChI is InChI=1S/C19H24ClF3N6O/c1-2-24-18(26-15-7-9-29(11-15)12-19(21,22)23)25-8-6-16-27-17(28-30-16)13-4-3-5-14(20)10-13/h3-5,10,15H,2,6-9,11-12H2,1H3,(H2,24,25,26). The molecule has 0 radical (unpaired) electrons. The Bertz CT molecular complexity index is 857. The minimum atomic E-state index is -4.18. The van der Waals surface area contributed by atoms with Crippen LogP contribution in [0, 0.1) is 0 Å². The Kier molecular flexibility index (Phi) is 7.54. The molecule has 11 heteroatoms. The summed E-state index contributed by atoms with van der Waals surface area (Å²) in [6.07, 6.45) is -3.11. The first-order chi connectivity index (χ1) is 14.3. The van der Waals surface area contributed by atoms with Crippen molar-refractivity contribution in [2.24, 2.45) is 4.99 Å². The molecule has 1 fully saturated rings. The molecule has 1 aromatic carbocycles. The Balaban J connectivity index is 1.52. The number of rotatable bonds is 7. The lowest BCUT2D eigenvalue weighted by atomic mass is 10.2. The molecule has 1 saturated heterocycles. The number of guanidine groups is 1. The third-order valence-electron chi connectivity index (χ3n) is 4.51. The molecule has 0 bridgehead atoms. The second-order valence-electron chi connectivity index (χ2n) is 7.01. The summed E-state index contributed by atoms with van der Waals surface area (Å²) in [4.78, 5) is 10.2. The van der Waals surface area contributed by atoms with Crippen LogP contribution >= 0.6 is 11.6 Å². The monoisotopic (exact) mass is 444 g/mol. The lowest BCUT2D eigenvalue weighted by molar-refractivity contribution is -0.143. The van der Waals surface area contributed by atoms with Gasteiger partial charge in [-0.05, 0) is 25.5 Å². The summed E-state index contributed by atoms with van der Waals surface area (Å²) in [6, 6.07) is 7.09. The largest absolute Gasteiger partial charge is 0.401 e. The van der Waals surface area contributed by atoms with Crippen molar-refractivity contribution >= 4 is 17.6 Å². The summed E-state index contributed by atoms with van der Waals surface area (Å²) >= 11 is 5.98. The Morgan fingerprint density at radius 1 is 1.40 bits per heavy atom. The molecule has 0 amide bonds. The SMILES string of the molecule is CCNC(=NCCc1nc(-c2cccc(Cl)c2)no1)NC1CCN(CC(F)(F)F)C1. The van der Waals surface area contributed by atoms with Crippen LogP contribution in [-0.2, 0) is 6.42 Å². The zero-order chi connectivity index (χ0) is 21.6. The van der Waals surface area contributed by atoms with E-state index >= 15 is 0 Å². The van der Waals surface area contributed by atoms with Crippen LogP contribution in [0.3, 0.4) is 0 Å². The van der Waals surface area contributed by atoms with E-state index in [4.69, 9.17) is 16.1 Å². The average Bonchev–Trinajstić information content (AvgIpc) is 3.30. The molecule has 1 aliphatic heterocycles. The number of hydrogen-bond donors (Lipinski definition) is 2. The Labute approximate surface area is 177 Å². The van der Waals surface area contributed by atoms with Crippen molar-refractivity contribution in [3.63, 3.8) is 0 Å². The smallest absolute Gasteiger partial charge is 0.357 e. The fourth-order valence-corrected chi connectivity index (χ4v) is 3.42. The van der Waals surface area contributed by atoms with E-state index in [0.717, 1.165) is 5.56 Å². The highest BCUT2D eigenvalue weighted by molar-refractivity contribution is 6.30. The molecular formula is C19H24ClF3N6O. The van der Waals surface area contributed by atoms with Crippen molar-refractivity contribution in [1.82, 2.24) is 25.7 Å². The summed E-state index contributed by atoms with van der Waals surface area (Å²) < 4.78 is 42.9. The quantitative estimate of drug-likeness (QED) is 0.504. The predicted octanol–water partition coefficient (Wildman–Crippen LogP) is 3.12. The van der Waals surface area contributed by atoms with Crippen LogP contribution in [0.2, 0.25) is 5.02 Å². The second-order valence-corrected chi connectivity index (χ2v) is 7.45. The van der Waals surface area contributed by atoms with Crippen molar-refractivity contribution < 1.29 is 17.7 Å². The summed E-state index contributed by atoms with van der Waals surface area (Å²) in [6.45, 7) is 2.82. The molecule has 0 saturated carbocycles. The van der Waals surface area contributed by atoms with E-state index in [-0.39, 0.29) is 6.04 Å². The Hall–Kier alpha value is -2.33. The van der Waals surface area contributed by atoms with Gasteiger partial charge in [-0.15, -0.1) is 0 Å². The van der Waals surface area contributed by atoms with E-state index in [1.807, 2.05) is 19.1 Å². The highest BCUT2D eigenvalue weighted by Crippen LogP contribution is 2.21. The molecule has 7 nitrogen and oxygen atoms in total. The molecule has 3 rings (SSSR count). The predicted molar refractivity (Wildman–Crippen MR) is 108 cm³/mol. The van der Waals surface area contributed by atoms with Crippen molar-refractivity contribution in [2.45, 2.75) is 32.0 Å². The topological polar surface area (TPSA) is 78.6 Å². The number of halogens is 4. The molecule has 2 heterocycles. The molecule has 1 unspecified atom stereocenters. The third kappa shape index (κ3) is 6.88. The summed E-state index contributed by atoms with van der Waals surface area (Å²) in [5.41, 5.74) is 0.764. The fraction of sp³-hybridized carbons (Fsp3) is 0.526. The van der Waals surface area contributed by atoms with Crippen molar-refractivity contribution in [3.05, 3.63) is 35.2 Å². The number of nitrogens with zero attached hydrogens (tertiary/aromatic N) is 4. The molecule has 164 valence electrons. The summed E-state index contributed by atoms with van der Waals surface area (Å²) in [7, 11) is 0. The highest BCUT2D eigenvalue weighted by atomic mass is 35.5. The van der Waals surface area contributed by atoms with E-state index < -0.39 is 12.7 Å². The van der Waals surface area contributed by atoms with Gasteiger partial charge >= 0.3 is 6.18 Å². The third-order valence-corrected chi connectivity index (χ3v) is 4.74. The van der Waals surface area contributed by atoms with Crippen LogP contribution in [0.5, 0.6) is 0 Å². The van der Waals surface area contributed by atoms with Crippen LogP contribution < -0.4 is 10.6 Å². The second kappa shape index (κ2) is 10.1. The van der Waals surface area contributed by atoms with Crippen molar-refractivity contribution in [3.8, 4) is 11.4 Å². The van der Waals surface area contributed by atoms with Gasteiger partial charge in [-0.2, -0.15) is 18.2 Å². The Morgan fingerprint density at radius 2 is 2.23 bits per heavy atom. The maximum Gasteiger partial charge on any atom is 0.401 e. The van der Waals surface area contributed by atoms with Crippen LogP contribution in [0.15, 0.2) is 33.8 Å². The molecule has 0 aliphatic carbocycles. The molecule has 1 aliphatic rings. The van der Waals surface area contributed by atoms with Gasteiger partial charge in [0.15, 0.2) is 5.96 Å². The number of nitrogens with one attached hydrogen (secondary N) is 2. The van der Waals surface area contributed by atoms with Gasteiger partial charge in [-0.1, -0.05) is 28.9 Å². The molecule has 0 spiro atoms. The van der Waals surface area contributed by atoms with E-state index in [1.54, 1.807) is 12.1 Å². The number of hydrogen-bond acceptors (Lipinski definition) is 5. The fourth-order valence-electron chi connectivity index (χ4n) is 3.23. The molecule has 2 aromatic rings. The van der Waals surface area contributed by atoms with Gasteiger partial charge in [0.2, 0.25) is 11.7 Å². The van der Waals surface area contributed by atoms with Crippen LogP contribution in [-0.4, -0.2) is 65.9 Å². The average molecular weight is 445 g/mol. The summed E-state index contributed by atoms with van der Waals surface area (Å²) in [5, 5.41) is 10.9. The number of alkyl halides is 3. The lowest BCUT2D eigenvalue weighted by Gasteiger charge is -2.19. The zero-order valence-electron chi connectivity index (χ0n) is 16.5. The highest BCUT2D eigenvalue weighted by Gasteiger charge is 2.34. The molecule has 1 atom stereocenters. The molecular weight excluding hydrogens is 421 g/mol. The number of benzene rings is 1. The maximum absolute atomic E-state index is 12.6. The van der Waals surface area contributed by atoms with Crippen LogP contribution in [0.1, 0.15) is 19.2 Å². The van der Waals surface area contributed by atoms with Gasteiger partial charge in [-0.3, -0.25) is 9.89 Å². The Morgan fingerprint density at radius 3 is 2.97 bits per heavy atom. The van der Waals surface area contributed by atoms with E-state index in [1.165, 1.54) is 4.90 Å². The first-order valence-corrected chi connectivity index (χ1v) is 10.1. The molecule has 1 aromatic heterocycles. The minimum Gasteiger partial charge on any atom is -0.357 e. The van der Waals surface area contributed by atoms with Crippen molar-refractivity contribution in [2.75, 3.05) is 32.7 Å².